The molecule has 5 nitrogen and oxygen atoms in total. The lowest BCUT2D eigenvalue weighted by Gasteiger charge is -2.19. The summed E-state index contributed by atoms with van der Waals surface area (Å²) >= 11 is 0. The summed E-state index contributed by atoms with van der Waals surface area (Å²) in [5, 5.41) is 12.0. The maximum absolute atomic E-state index is 12.3. The quantitative estimate of drug-likeness (QED) is 0.860. The molecule has 2 N–H and O–H groups in total. The predicted octanol–water partition coefficient (Wildman–Crippen LogP) is 2.93. The molecule has 1 aromatic heterocycles. The largest absolute Gasteiger partial charge is 0.457 e. The second-order valence-electron chi connectivity index (χ2n) is 5.69. The normalized spacial score (nSPS) is 13.2. The van der Waals surface area contributed by atoms with Crippen molar-refractivity contribution in [3.63, 3.8) is 0 Å². The Hall–Kier alpha value is -2.40. The van der Waals surface area contributed by atoms with E-state index < -0.39 is 0 Å². The number of nitrogens with one attached hydrogen (secondary N) is 1. The van der Waals surface area contributed by atoms with Crippen molar-refractivity contribution in [3.05, 3.63) is 53.9 Å². The lowest BCUT2D eigenvalue weighted by atomic mass is 10.0. The molecular formula is C18H22N2O3. The van der Waals surface area contributed by atoms with Crippen LogP contribution in [0.5, 0.6) is 11.5 Å². The number of carbonyl (C=O) groups is 1. The van der Waals surface area contributed by atoms with Gasteiger partial charge in [0.1, 0.15) is 11.5 Å². The van der Waals surface area contributed by atoms with Gasteiger partial charge in [0.15, 0.2) is 0 Å². The minimum absolute atomic E-state index is 0.00284. The van der Waals surface area contributed by atoms with Gasteiger partial charge in [0, 0.05) is 30.6 Å². The number of ether oxygens (including phenoxy) is 1. The summed E-state index contributed by atoms with van der Waals surface area (Å²) in [4.78, 5) is 16.3. The topological polar surface area (TPSA) is 71.5 Å². The van der Waals surface area contributed by atoms with Crippen LogP contribution in [-0.4, -0.2) is 28.6 Å². The summed E-state index contributed by atoms with van der Waals surface area (Å²) in [7, 11) is 0. The van der Waals surface area contributed by atoms with E-state index in [4.69, 9.17) is 9.84 Å². The number of pyridine rings is 1. The highest BCUT2D eigenvalue weighted by molar-refractivity contribution is 5.94. The van der Waals surface area contributed by atoms with Crippen LogP contribution in [0.1, 0.15) is 29.8 Å². The molecule has 1 heterocycles. The first-order chi connectivity index (χ1) is 11.0. The monoisotopic (exact) mass is 314 g/mol. The van der Waals surface area contributed by atoms with Gasteiger partial charge >= 0.3 is 0 Å². The Bertz CT molecular complexity index is 659. The van der Waals surface area contributed by atoms with Crippen LogP contribution >= 0.6 is 0 Å². The van der Waals surface area contributed by atoms with Crippen molar-refractivity contribution in [2.45, 2.75) is 26.8 Å². The first-order valence-corrected chi connectivity index (χ1v) is 7.61. The van der Waals surface area contributed by atoms with Crippen LogP contribution in [0.25, 0.3) is 0 Å². The Morgan fingerprint density at radius 3 is 2.61 bits per heavy atom. The van der Waals surface area contributed by atoms with Crippen molar-refractivity contribution < 1.29 is 14.6 Å². The number of benzene rings is 1. The summed E-state index contributed by atoms with van der Waals surface area (Å²) in [5.74, 6) is 1.11. The van der Waals surface area contributed by atoms with Crippen LogP contribution in [0.4, 0.5) is 0 Å². The highest BCUT2D eigenvalue weighted by atomic mass is 16.5. The lowest BCUT2D eigenvalue weighted by Crippen LogP contribution is -2.38. The summed E-state index contributed by atoms with van der Waals surface area (Å²) in [6, 6.07) is 8.75. The van der Waals surface area contributed by atoms with Crippen molar-refractivity contribution in [1.29, 1.82) is 0 Å². The minimum atomic E-state index is -0.183. The molecule has 0 saturated carbocycles. The van der Waals surface area contributed by atoms with Gasteiger partial charge in [-0.25, -0.2) is 0 Å². The fourth-order valence-electron chi connectivity index (χ4n) is 1.98. The Balaban J connectivity index is 2.15. The third-order valence-electron chi connectivity index (χ3n) is 3.83. The lowest BCUT2D eigenvalue weighted by molar-refractivity contribution is 0.0916. The average molecular weight is 314 g/mol. The van der Waals surface area contributed by atoms with Crippen molar-refractivity contribution >= 4 is 5.91 Å². The van der Waals surface area contributed by atoms with Crippen molar-refractivity contribution in [2.75, 3.05) is 6.61 Å². The fourth-order valence-corrected chi connectivity index (χ4v) is 1.98. The van der Waals surface area contributed by atoms with Crippen molar-refractivity contribution in [1.82, 2.24) is 10.3 Å². The maximum Gasteiger partial charge on any atom is 0.251 e. The van der Waals surface area contributed by atoms with Crippen LogP contribution in [0.3, 0.4) is 0 Å². The van der Waals surface area contributed by atoms with Crippen molar-refractivity contribution in [3.8, 4) is 11.5 Å². The van der Waals surface area contributed by atoms with Gasteiger partial charge in [-0.1, -0.05) is 13.0 Å². The summed E-state index contributed by atoms with van der Waals surface area (Å²) in [6.45, 7) is 5.72. The van der Waals surface area contributed by atoms with E-state index >= 15 is 0 Å². The minimum Gasteiger partial charge on any atom is -0.457 e. The third kappa shape index (κ3) is 4.53. The van der Waals surface area contributed by atoms with Gasteiger partial charge in [-0.15, -0.1) is 0 Å². The Morgan fingerprint density at radius 2 is 1.96 bits per heavy atom. The van der Waals surface area contributed by atoms with Crippen LogP contribution < -0.4 is 10.1 Å². The molecule has 0 aliphatic rings. The molecule has 0 saturated heterocycles. The van der Waals surface area contributed by atoms with Crippen LogP contribution in [-0.2, 0) is 0 Å². The van der Waals surface area contributed by atoms with E-state index in [0.717, 1.165) is 5.56 Å². The molecule has 5 heteroatoms. The molecule has 2 rings (SSSR count). The molecule has 0 fully saturated rings. The predicted molar refractivity (Wildman–Crippen MR) is 88.7 cm³/mol. The van der Waals surface area contributed by atoms with E-state index in [1.807, 2.05) is 26.8 Å². The molecule has 2 unspecified atom stereocenters. The van der Waals surface area contributed by atoms with E-state index in [2.05, 4.69) is 10.3 Å². The van der Waals surface area contributed by atoms with E-state index in [1.54, 1.807) is 36.7 Å². The molecule has 0 radical (unpaired) electrons. The first-order valence-electron chi connectivity index (χ1n) is 7.61. The highest BCUT2D eigenvalue weighted by Gasteiger charge is 2.16. The highest BCUT2D eigenvalue weighted by Crippen LogP contribution is 2.25. The van der Waals surface area contributed by atoms with E-state index in [0.29, 0.717) is 17.1 Å². The molecule has 2 aromatic rings. The zero-order chi connectivity index (χ0) is 16.8. The summed E-state index contributed by atoms with van der Waals surface area (Å²) < 4.78 is 5.81. The molecule has 0 spiro atoms. The van der Waals surface area contributed by atoms with Crippen LogP contribution in [0, 0.1) is 12.8 Å². The maximum atomic E-state index is 12.3. The van der Waals surface area contributed by atoms with Gasteiger partial charge in [-0.2, -0.15) is 0 Å². The molecule has 1 aromatic carbocycles. The number of carbonyl (C=O) groups excluding carboxylic acids is 1. The second-order valence-corrected chi connectivity index (χ2v) is 5.69. The zero-order valence-corrected chi connectivity index (χ0v) is 13.6. The number of amides is 1. The molecule has 23 heavy (non-hydrogen) atoms. The molecule has 0 aliphatic carbocycles. The molecular weight excluding hydrogens is 292 g/mol. The first kappa shape index (κ1) is 17.0. The number of nitrogens with zero attached hydrogens (tertiary/aromatic N) is 1. The number of hydrogen-bond acceptors (Lipinski definition) is 4. The van der Waals surface area contributed by atoms with Gasteiger partial charge in [-0.3, -0.25) is 9.78 Å². The second kappa shape index (κ2) is 7.74. The van der Waals surface area contributed by atoms with Crippen LogP contribution in [0.15, 0.2) is 42.7 Å². The summed E-state index contributed by atoms with van der Waals surface area (Å²) in [6.07, 6.45) is 3.30. The van der Waals surface area contributed by atoms with Crippen molar-refractivity contribution in [2.24, 2.45) is 5.92 Å². The number of aliphatic hydroxyl groups is 1. The van der Waals surface area contributed by atoms with Gasteiger partial charge in [0.25, 0.3) is 5.91 Å². The SMILES string of the molecule is Cc1ccc(C(=O)NC(C)C(C)CO)cc1Oc1ccncc1. The number of aliphatic hydroxyl groups excluding tert-OH is 1. The van der Waals surface area contributed by atoms with E-state index in [1.165, 1.54) is 0 Å². The standard InChI is InChI=1S/C18H22N2O3/c1-12-4-5-15(18(22)20-14(3)13(2)11-21)10-17(12)23-16-6-8-19-9-7-16/h4-10,13-14,21H,11H2,1-3H3,(H,20,22). The fraction of sp³-hybridized carbons (Fsp3) is 0.333. The zero-order valence-electron chi connectivity index (χ0n) is 13.6. The number of hydrogen-bond donors (Lipinski definition) is 2. The van der Waals surface area contributed by atoms with Gasteiger partial charge < -0.3 is 15.2 Å². The number of aromatic nitrogens is 1. The Kier molecular flexibility index (Phi) is 5.71. The van der Waals surface area contributed by atoms with Gasteiger partial charge in [0.05, 0.1) is 0 Å². The molecule has 2 atom stereocenters. The molecule has 0 aliphatic heterocycles. The molecule has 0 bridgehead atoms. The van der Waals surface area contributed by atoms with Crippen LogP contribution in [0.2, 0.25) is 0 Å². The smallest absolute Gasteiger partial charge is 0.251 e. The Labute approximate surface area is 136 Å². The van der Waals surface area contributed by atoms with Gasteiger partial charge in [-0.05, 0) is 49.6 Å². The third-order valence-corrected chi connectivity index (χ3v) is 3.83. The average Bonchev–Trinajstić information content (AvgIpc) is 2.56. The Morgan fingerprint density at radius 1 is 1.26 bits per heavy atom. The summed E-state index contributed by atoms with van der Waals surface area (Å²) in [5.41, 5.74) is 1.46. The number of rotatable bonds is 6. The van der Waals surface area contributed by atoms with E-state index in [-0.39, 0.29) is 24.5 Å². The van der Waals surface area contributed by atoms with E-state index in [9.17, 15) is 4.79 Å². The number of aryl methyl sites for hydroxylation is 1. The van der Waals surface area contributed by atoms with Gasteiger partial charge in [0.2, 0.25) is 0 Å². The molecule has 122 valence electrons. The molecule has 1 amide bonds.